The fraction of sp³-hybridized carbons (Fsp3) is 0.158. The van der Waals surface area contributed by atoms with Crippen LogP contribution in [0, 0.1) is 0 Å². The maximum absolute atomic E-state index is 12.1. The zero-order valence-corrected chi connectivity index (χ0v) is 20.1. The van der Waals surface area contributed by atoms with E-state index in [4.69, 9.17) is 11.6 Å². The van der Waals surface area contributed by atoms with Gasteiger partial charge in [0.25, 0.3) is 5.91 Å². The Morgan fingerprint density at radius 2 is 1.93 bits per heavy atom. The highest BCUT2D eigenvalue weighted by Gasteiger charge is 2.10. The Labute approximate surface area is 194 Å². The first-order chi connectivity index (χ1) is 14.0. The van der Waals surface area contributed by atoms with Gasteiger partial charge >= 0.3 is 0 Å². The summed E-state index contributed by atoms with van der Waals surface area (Å²) in [7, 11) is 0. The minimum Gasteiger partial charge on any atom is -0.272 e. The molecule has 0 fully saturated rings. The number of hydrogen-bond donors (Lipinski definition) is 1. The number of halogens is 2. The average molecular weight is 528 g/mol. The number of rotatable bonds is 8. The summed E-state index contributed by atoms with van der Waals surface area (Å²) in [6, 6.07) is 15.5. The summed E-state index contributed by atoms with van der Waals surface area (Å²) < 4.78 is 2.55. The van der Waals surface area contributed by atoms with Crippen LogP contribution in [0.5, 0.6) is 0 Å². The molecule has 0 spiro atoms. The zero-order valence-electron chi connectivity index (χ0n) is 15.3. The quantitative estimate of drug-likeness (QED) is 0.225. The van der Waals surface area contributed by atoms with Crippen LogP contribution >= 0.6 is 62.4 Å². The van der Waals surface area contributed by atoms with Crippen LogP contribution in [0.3, 0.4) is 0 Å². The summed E-state index contributed by atoms with van der Waals surface area (Å²) in [4.78, 5) is 12.1. The molecule has 0 aliphatic carbocycles. The van der Waals surface area contributed by atoms with Gasteiger partial charge in [0.15, 0.2) is 8.68 Å². The summed E-state index contributed by atoms with van der Waals surface area (Å²) in [5.41, 5.74) is 5.31. The number of aromatic nitrogens is 2. The Morgan fingerprint density at radius 3 is 2.69 bits per heavy atom. The Bertz CT molecular complexity index is 1030. The molecule has 5 nitrogen and oxygen atoms in total. The molecule has 0 saturated heterocycles. The highest BCUT2D eigenvalue weighted by atomic mass is 79.9. The highest BCUT2D eigenvalue weighted by Crippen LogP contribution is 2.32. The second-order valence-electron chi connectivity index (χ2n) is 5.75. The third-order valence-electron chi connectivity index (χ3n) is 3.61. The Kier molecular flexibility index (Phi) is 8.55. The van der Waals surface area contributed by atoms with Crippen molar-refractivity contribution < 1.29 is 4.79 Å². The number of benzene rings is 2. The van der Waals surface area contributed by atoms with Gasteiger partial charge in [0.2, 0.25) is 0 Å². The Hall–Kier alpha value is -1.39. The molecule has 1 N–H and O–H groups in total. The minimum absolute atomic E-state index is 0.190. The largest absolute Gasteiger partial charge is 0.272 e. The smallest absolute Gasteiger partial charge is 0.250 e. The van der Waals surface area contributed by atoms with Crippen molar-refractivity contribution in [3.63, 3.8) is 0 Å². The van der Waals surface area contributed by atoms with Gasteiger partial charge in [-0.05, 0) is 36.2 Å². The lowest BCUT2D eigenvalue weighted by atomic mass is 10.1. The second kappa shape index (κ2) is 11.1. The lowest BCUT2D eigenvalue weighted by Gasteiger charge is -2.03. The molecule has 10 heteroatoms. The topological polar surface area (TPSA) is 67.2 Å². The molecular weight excluding hydrogens is 512 g/mol. The summed E-state index contributed by atoms with van der Waals surface area (Å²) >= 11 is 14.0. The van der Waals surface area contributed by atoms with E-state index in [0.29, 0.717) is 0 Å². The van der Waals surface area contributed by atoms with E-state index in [2.05, 4.69) is 36.7 Å². The molecule has 150 valence electrons. The van der Waals surface area contributed by atoms with Gasteiger partial charge in [-0.25, -0.2) is 5.43 Å². The fourth-order valence-corrected chi connectivity index (χ4v) is 5.65. The molecule has 0 bridgehead atoms. The van der Waals surface area contributed by atoms with Crippen molar-refractivity contribution in [1.29, 1.82) is 0 Å². The number of carbonyl (C=O) groups is 1. The standard InChI is InChI=1S/C19H16BrClN4OS3/c1-12(13-6-4-7-15(20)9-13)22-23-17(26)11-28-19-25-24-18(29-19)27-10-14-5-2-3-8-16(14)21/h2-9H,10-11H2,1H3,(H,23,26)/b22-12-. The number of thioether (sulfide) groups is 2. The first-order valence-electron chi connectivity index (χ1n) is 8.43. The van der Waals surface area contributed by atoms with E-state index in [-0.39, 0.29) is 11.7 Å². The minimum atomic E-state index is -0.190. The number of nitrogens with one attached hydrogen (secondary N) is 1. The van der Waals surface area contributed by atoms with Crippen molar-refractivity contribution in [1.82, 2.24) is 15.6 Å². The molecule has 3 aromatic rings. The van der Waals surface area contributed by atoms with Gasteiger partial charge in [-0.2, -0.15) is 5.10 Å². The summed E-state index contributed by atoms with van der Waals surface area (Å²) in [6.07, 6.45) is 0. The number of amides is 1. The molecule has 0 unspecified atom stereocenters. The van der Waals surface area contributed by atoms with E-state index in [1.165, 1.54) is 23.1 Å². The van der Waals surface area contributed by atoms with Crippen LogP contribution in [0.15, 0.2) is 66.8 Å². The number of nitrogens with zero attached hydrogens (tertiary/aromatic N) is 3. The molecule has 0 aliphatic heterocycles. The predicted octanol–water partition coefficient (Wildman–Crippen LogP) is 5.88. The third kappa shape index (κ3) is 7.11. The summed E-state index contributed by atoms with van der Waals surface area (Å²) in [5.74, 6) is 0.757. The molecule has 1 heterocycles. The van der Waals surface area contributed by atoms with Gasteiger partial charge in [0.05, 0.1) is 11.5 Å². The van der Waals surface area contributed by atoms with Crippen LogP contribution < -0.4 is 5.43 Å². The van der Waals surface area contributed by atoms with Gasteiger partial charge in [0.1, 0.15) is 0 Å². The van der Waals surface area contributed by atoms with Crippen molar-refractivity contribution in [2.24, 2.45) is 5.10 Å². The van der Waals surface area contributed by atoms with E-state index in [1.807, 2.05) is 55.5 Å². The summed E-state index contributed by atoms with van der Waals surface area (Å²) in [6.45, 7) is 1.85. The van der Waals surface area contributed by atoms with Gasteiger partial charge in [-0.3, -0.25) is 4.79 Å². The fourth-order valence-electron chi connectivity index (χ4n) is 2.15. The van der Waals surface area contributed by atoms with Crippen LogP contribution in [0.4, 0.5) is 0 Å². The van der Waals surface area contributed by atoms with E-state index in [0.717, 1.165) is 40.8 Å². The maximum atomic E-state index is 12.1. The first kappa shape index (κ1) is 22.3. The Morgan fingerprint density at radius 1 is 1.17 bits per heavy atom. The van der Waals surface area contributed by atoms with Crippen molar-refractivity contribution in [3.8, 4) is 0 Å². The van der Waals surface area contributed by atoms with Gasteiger partial charge in [-0.1, -0.05) is 92.7 Å². The van der Waals surface area contributed by atoms with E-state index in [9.17, 15) is 4.79 Å². The second-order valence-corrected chi connectivity index (χ2v) is 10.5. The molecule has 1 amide bonds. The summed E-state index contributed by atoms with van der Waals surface area (Å²) in [5, 5.41) is 13.2. The SMILES string of the molecule is C/C(=N/NC(=O)CSc1nnc(SCc2ccccc2Cl)s1)c1cccc(Br)c1. The van der Waals surface area contributed by atoms with E-state index < -0.39 is 0 Å². The molecular formula is C19H16BrClN4OS3. The van der Waals surface area contributed by atoms with Gasteiger partial charge < -0.3 is 0 Å². The molecule has 0 aliphatic rings. The molecule has 3 rings (SSSR count). The number of hydrogen-bond acceptors (Lipinski definition) is 7. The molecule has 0 saturated carbocycles. The normalized spacial score (nSPS) is 11.5. The monoisotopic (exact) mass is 526 g/mol. The third-order valence-corrected chi connectivity index (χ3v) is 7.72. The molecule has 1 aromatic heterocycles. The van der Waals surface area contributed by atoms with Crippen LogP contribution in [-0.2, 0) is 10.5 Å². The van der Waals surface area contributed by atoms with Crippen molar-refractivity contribution in [3.05, 3.63) is 69.2 Å². The lowest BCUT2D eigenvalue weighted by Crippen LogP contribution is -2.21. The maximum Gasteiger partial charge on any atom is 0.250 e. The van der Waals surface area contributed by atoms with Gasteiger partial charge in [0, 0.05) is 15.2 Å². The van der Waals surface area contributed by atoms with Crippen LogP contribution in [-0.4, -0.2) is 27.6 Å². The van der Waals surface area contributed by atoms with E-state index >= 15 is 0 Å². The average Bonchev–Trinajstić information content (AvgIpc) is 3.18. The molecule has 0 atom stereocenters. The predicted molar refractivity (Wildman–Crippen MR) is 126 cm³/mol. The van der Waals surface area contributed by atoms with Crippen molar-refractivity contribution >= 4 is 74.0 Å². The number of carbonyl (C=O) groups excluding carboxylic acids is 1. The van der Waals surface area contributed by atoms with Crippen LogP contribution in [0.2, 0.25) is 5.02 Å². The van der Waals surface area contributed by atoms with E-state index in [1.54, 1.807) is 11.8 Å². The highest BCUT2D eigenvalue weighted by molar-refractivity contribution is 9.10. The molecule has 29 heavy (non-hydrogen) atoms. The van der Waals surface area contributed by atoms with Crippen LogP contribution in [0.25, 0.3) is 0 Å². The zero-order chi connectivity index (χ0) is 20.6. The lowest BCUT2D eigenvalue weighted by molar-refractivity contribution is -0.118. The number of hydrazone groups is 1. The molecule has 2 aromatic carbocycles. The van der Waals surface area contributed by atoms with Crippen molar-refractivity contribution in [2.75, 3.05) is 5.75 Å². The van der Waals surface area contributed by atoms with Crippen molar-refractivity contribution in [2.45, 2.75) is 21.4 Å². The Balaban J connectivity index is 1.46. The van der Waals surface area contributed by atoms with Gasteiger partial charge in [-0.15, -0.1) is 10.2 Å². The first-order valence-corrected chi connectivity index (χ1v) is 12.4. The molecule has 0 radical (unpaired) electrons. The van der Waals surface area contributed by atoms with Crippen LogP contribution in [0.1, 0.15) is 18.1 Å².